The number of aromatic nitrogens is 1. The van der Waals surface area contributed by atoms with Crippen LogP contribution in [0.3, 0.4) is 0 Å². The lowest BCUT2D eigenvalue weighted by atomic mass is 9.95. The Morgan fingerprint density at radius 3 is 1.10 bits per heavy atom. The van der Waals surface area contributed by atoms with Crippen LogP contribution in [-0.2, 0) is 0 Å². The lowest BCUT2D eigenvalue weighted by Gasteiger charge is -2.20. The fourth-order valence-corrected chi connectivity index (χ4v) is 5.62. The molecule has 4 aromatic carbocycles. The molecule has 0 radical (unpaired) electrons. The molecule has 2 aliphatic heterocycles. The second-order valence-electron chi connectivity index (χ2n) is 10.1. The lowest BCUT2D eigenvalue weighted by molar-refractivity contribution is 0.572. The molecular weight excluding hydrogens is 490 g/mol. The Balaban J connectivity index is 1.23. The molecule has 5 nitrogen and oxygen atoms in total. The number of nitrogens with one attached hydrogen (secondary N) is 2. The molecule has 0 bridgehead atoms. The molecule has 0 unspecified atom stereocenters. The predicted octanol–water partition coefficient (Wildman–Crippen LogP) is 6.75. The first-order valence-corrected chi connectivity index (χ1v) is 13.7. The summed E-state index contributed by atoms with van der Waals surface area (Å²) in [6, 6.07) is 48.0. The van der Waals surface area contributed by atoms with Crippen molar-refractivity contribution in [2.45, 2.75) is 24.2 Å². The van der Waals surface area contributed by atoms with Gasteiger partial charge in [0, 0.05) is 0 Å². The molecule has 194 valence electrons. The summed E-state index contributed by atoms with van der Waals surface area (Å²) in [4.78, 5) is 15.4. The van der Waals surface area contributed by atoms with Gasteiger partial charge in [-0.3, -0.25) is 9.98 Å². The van der Waals surface area contributed by atoms with Gasteiger partial charge in [0.25, 0.3) is 0 Å². The van der Waals surface area contributed by atoms with Crippen LogP contribution in [0.15, 0.2) is 150 Å². The first-order chi connectivity index (χ1) is 19.8. The minimum absolute atomic E-state index is 0.0240. The van der Waals surface area contributed by atoms with E-state index in [1.165, 1.54) is 22.3 Å². The van der Waals surface area contributed by atoms with Crippen molar-refractivity contribution >= 4 is 11.7 Å². The Hall–Kier alpha value is -5.03. The Labute approximate surface area is 234 Å². The summed E-state index contributed by atoms with van der Waals surface area (Å²) in [5, 5.41) is 7.37. The van der Waals surface area contributed by atoms with E-state index in [1.807, 2.05) is 42.5 Å². The zero-order valence-electron chi connectivity index (χ0n) is 21.9. The Bertz CT molecular complexity index is 1530. The number of rotatable bonds is 6. The van der Waals surface area contributed by atoms with Crippen molar-refractivity contribution in [3.05, 3.63) is 173 Å². The highest BCUT2D eigenvalue weighted by Gasteiger charge is 2.34. The van der Waals surface area contributed by atoms with Gasteiger partial charge in [-0.1, -0.05) is 127 Å². The number of hydrogen-bond acceptors (Lipinski definition) is 5. The third-order valence-electron chi connectivity index (χ3n) is 7.59. The molecule has 5 heteroatoms. The molecule has 0 saturated heterocycles. The summed E-state index contributed by atoms with van der Waals surface area (Å²) >= 11 is 0. The minimum atomic E-state index is -0.0454. The van der Waals surface area contributed by atoms with Crippen LogP contribution in [0.4, 0.5) is 0 Å². The summed E-state index contributed by atoms with van der Waals surface area (Å²) in [5.41, 5.74) is 6.36. The zero-order chi connectivity index (χ0) is 26.7. The summed E-state index contributed by atoms with van der Waals surface area (Å²) in [6.07, 6.45) is 0. The van der Waals surface area contributed by atoms with E-state index in [1.54, 1.807) is 0 Å². The highest BCUT2D eigenvalue weighted by molar-refractivity contribution is 6.02. The minimum Gasteiger partial charge on any atom is -0.359 e. The number of amidine groups is 2. The number of benzene rings is 4. The fourth-order valence-electron chi connectivity index (χ4n) is 5.62. The maximum Gasteiger partial charge on any atom is 0.148 e. The summed E-state index contributed by atoms with van der Waals surface area (Å²) in [5.74, 6) is 1.59. The highest BCUT2D eigenvalue weighted by atomic mass is 15.2. The van der Waals surface area contributed by atoms with E-state index >= 15 is 0 Å². The van der Waals surface area contributed by atoms with E-state index in [4.69, 9.17) is 15.0 Å². The van der Waals surface area contributed by atoms with Gasteiger partial charge in [0.1, 0.15) is 35.1 Å². The van der Waals surface area contributed by atoms with Gasteiger partial charge in [0.05, 0.1) is 12.1 Å². The van der Waals surface area contributed by atoms with Crippen molar-refractivity contribution in [1.29, 1.82) is 0 Å². The van der Waals surface area contributed by atoms with Crippen molar-refractivity contribution in [2.75, 3.05) is 0 Å². The molecule has 1 aromatic heterocycles. The summed E-state index contributed by atoms with van der Waals surface area (Å²) in [6.45, 7) is 0. The number of hydrogen-bond donors (Lipinski definition) is 2. The molecule has 0 fully saturated rings. The lowest BCUT2D eigenvalue weighted by Crippen LogP contribution is -2.28. The summed E-state index contributed by atoms with van der Waals surface area (Å²) in [7, 11) is 0. The standard InChI is InChI=1S/C35H29N5/c1-5-14-24(15-6-1)30-31(25-16-7-2-8-17-25)38-34(37-30)28-22-13-23-29(36-28)35-39-32(26-18-9-3-10-19-26)33(40-35)27-20-11-4-12-21-27/h1-23,30-33H,(H,37,38)(H,39,40)/t30-,31+,32-,33+. The molecular formula is C35H29N5. The SMILES string of the molecule is c1ccc([C@H]2N=C(c3cccc(C4=N[C@H](c5ccccc5)[C@H](c5ccccc5)N4)n3)N[C@H]2c2ccccc2)cc1. The molecule has 4 atom stereocenters. The Morgan fingerprint density at radius 2 is 0.725 bits per heavy atom. The van der Waals surface area contributed by atoms with Crippen molar-refractivity contribution in [3.8, 4) is 0 Å². The monoisotopic (exact) mass is 519 g/mol. The first-order valence-electron chi connectivity index (χ1n) is 13.7. The molecule has 3 heterocycles. The van der Waals surface area contributed by atoms with E-state index in [0.717, 1.165) is 23.1 Å². The summed E-state index contributed by atoms with van der Waals surface area (Å²) < 4.78 is 0. The van der Waals surface area contributed by atoms with Crippen molar-refractivity contribution in [2.24, 2.45) is 9.98 Å². The first kappa shape index (κ1) is 24.0. The van der Waals surface area contributed by atoms with Gasteiger partial charge in [0.2, 0.25) is 0 Å². The average Bonchev–Trinajstić information content (AvgIpc) is 3.69. The van der Waals surface area contributed by atoms with E-state index < -0.39 is 0 Å². The molecule has 0 aliphatic carbocycles. The maximum atomic E-state index is 5.16. The van der Waals surface area contributed by atoms with Crippen LogP contribution in [-0.4, -0.2) is 16.7 Å². The molecule has 0 spiro atoms. The van der Waals surface area contributed by atoms with Crippen LogP contribution in [0.1, 0.15) is 57.8 Å². The van der Waals surface area contributed by atoms with Crippen LogP contribution < -0.4 is 10.6 Å². The van der Waals surface area contributed by atoms with Crippen LogP contribution >= 0.6 is 0 Å². The van der Waals surface area contributed by atoms with Crippen molar-refractivity contribution in [3.63, 3.8) is 0 Å². The van der Waals surface area contributed by atoms with Crippen molar-refractivity contribution < 1.29 is 0 Å². The third kappa shape index (κ3) is 4.67. The smallest absolute Gasteiger partial charge is 0.148 e. The van der Waals surface area contributed by atoms with Gasteiger partial charge in [0.15, 0.2) is 0 Å². The average molecular weight is 520 g/mol. The number of pyridine rings is 1. The molecule has 0 amide bonds. The quantitative estimate of drug-likeness (QED) is 0.261. The van der Waals surface area contributed by atoms with E-state index in [9.17, 15) is 0 Å². The Kier molecular flexibility index (Phi) is 6.38. The number of nitrogens with zero attached hydrogens (tertiary/aromatic N) is 3. The zero-order valence-corrected chi connectivity index (χ0v) is 21.9. The van der Waals surface area contributed by atoms with Crippen LogP contribution in [0.25, 0.3) is 0 Å². The van der Waals surface area contributed by atoms with Crippen LogP contribution in [0, 0.1) is 0 Å². The van der Waals surface area contributed by atoms with Gasteiger partial charge in [-0.05, 0) is 34.4 Å². The van der Waals surface area contributed by atoms with E-state index in [-0.39, 0.29) is 24.2 Å². The van der Waals surface area contributed by atoms with Crippen LogP contribution in [0.5, 0.6) is 0 Å². The highest BCUT2D eigenvalue weighted by Crippen LogP contribution is 2.38. The fraction of sp³-hybridized carbons (Fsp3) is 0.114. The van der Waals surface area contributed by atoms with Gasteiger partial charge in [-0.25, -0.2) is 4.98 Å². The van der Waals surface area contributed by atoms with E-state index in [0.29, 0.717) is 0 Å². The number of aliphatic imine (C=N–C) groups is 2. The third-order valence-corrected chi connectivity index (χ3v) is 7.59. The second kappa shape index (κ2) is 10.6. The molecule has 2 aliphatic rings. The maximum absolute atomic E-state index is 5.16. The van der Waals surface area contributed by atoms with Gasteiger partial charge >= 0.3 is 0 Å². The van der Waals surface area contributed by atoms with Gasteiger partial charge in [-0.2, -0.15) is 0 Å². The normalized spacial score (nSPS) is 21.7. The molecule has 7 rings (SSSR count). The molecule has 2 N–H and O–H groups in total. The molecule has 40 heavy (non-hydrogen) atoms. The van der Waals surface area contributed by atoms with Crippen LogP contribution in [0.2, 0.25) is 0 Å². The van der Waals surface area contributed by atoms with Crippen molar-refractivity contribution in [1.82, 2.24) is 15.6 Å². The Morgan fingerprint density at radius 1 is 0.375 bits per heavy atom. The topological polar surface area (TPSA) is 61.7 Å². The van der Waals surface area contributed by atoms with Gasteiger partial charge in [-0.15, -0.1) is 0 Å². The van der Waals surface area contributed by atoms with E-state index in [2.05, 4.69) is 108 Å². The second-order valence-corrected chi connectivity index (χ2v) is 10.1. The predicted molar refractivity (Wildman–Crippen MR) is 160 cm³/mol. The molecule has 0 saturated carbocycles. The van der Waals surface area contributed by atoms with Gasteiger partial charge < -0.3 is 10.6 Å². The largest absolute Gasteiger partial charge is 0.359 e. The molecule has 5 aromatic rings.